The van der Waals surface area contributed by atoms with Gasteiger partial charge in [0, 0.05) is 50.6 Å². The number of aliphatic hydroxyl groups excluding tert-OH is 10. The number of rotatable bonds is 60. The van der Waals surface area contributed by atoms with Gasteiger partial charge in [-0.2, -0.15) is 0 Å². The van der Waals surface area contributed by atoms with Crippen molar-refractivity contribution in [1.82, 2.24) is 51.3 Å². The van der Waals surface area contributed by atoms with Crippen molar-refractivity contribution in [3.05, 3.63) is 23.8 Å². The molecule has 49 heteroatoms. The predicted octanol–water partition coefficient (Wildman–Crippen LogP) is -1.88. The summed E-state index contributed by atoms with van der Waals surface area (Å²) in [5.41, 5.74) is 0.617. The van der Waals surface area contributed by atoms with E-state index in [1.54, 1.807) is 0 Å². The fraction of sp³-hybridized carbons (Fsp3) is 0.848. The first-order chi connectivity index (χ1) is 67.6. The lowest BCUT2D eigenvalue weighted by atomic mass is 9.74. The Balaban J connectivity index is 0.691. The van der Waals surface area contributed by atoms with Crippen LogP contribution in [0.2, 0.25) is 0 Å². The highest BCUT2D eigenvalue weighted by atomic mass is 16.8. The lowest BCUT2D eigenvalue weighted by Gasteiger charge is -2.49. The number of aromatic nitrogens is 6. The molecule has 18 N–H and O–H groups in total. The molecule has 800 valence electrons. The molecule has 6 heterocycles. The highest BCUT2D eigenvalue weighted by molar-refractivity contribution is 5.83. The molecule has 4 aliphatic heterocycles. The molecule has 30 atom stereocenters. The number of carboxylic acid groups (broad SMARTS) is 4. The summed E-state index contributed by atoms with van der Waals surface area (Å²) in [6.45, 7) is 5.13. The second-order valence-corrected chi connectivity index (χ2v) is 37.9. The number of hydrogen-bond acceptors (Lipinski definition) is 39. The van der Waals surface area contributed by atoms with Gasteiger partial charge >= 0.3 is 23.9 Å². The predicted molar refractivity (Wildman–Crippen MR) is 480 cm³/mol. The van der Waals surface area contributed by atoms with Crippen LogP contribution in [0.5, 0.6) is 0 Å². The van der Waals surface area contributed by atoms with Crippen LogP contribution >= 0.6 is 0 Å². The van der Waals surface area contributed by atoms with E-state index < -0.39 is 257 Å². The highest BCUT2D eigenvalue weighted by Crippen LogP contribution is 2.44. The van der Waals surface area contributed by atoms with E-state index in [1.807, 2.05) is 13.8 Å². The maximum atomic E-state index is 14.5. The molecule has 10 rings (SSSR count). The minimum absolute atomic E-state index is 0.0253. The average Bonchev–Trinajstić information content (AvgIpc) is 1.04. The smallest absolute Gasteiger partial charge is 0.332 e. The number of carbonyl (C=O) groups is 10. The number of aliphatic hydroxyl groups is 10. The Kier molecular flexibility index (Phi) is 48.0. The number of Topliss-reactive ketones (excluding diaryl/α,β-unsaturated/α-hetero) is 2. The standard InChI is InChI=1S/C92H148N10O39/c1-5-53-37-55(59(105)19-13-25-93-67(107)21-23-71(111)112)39-61(83(53)140-91-81(121)79(119)75(115)49(3)132-91)136-89-73(85(77(117)65(45-103)138-89)134-63(87(123)124)35-51-15-9-7-10-16-51)95-69(109)43-101-41-57(97-99-101)47-130-33-31-128-29-27-127-28-30-129-32-34-131-48-58-42-102(100-98-58)44-70(110)96-74-86(135-64(88(125)126)36-52-17-11-8-12-18-52)78(118)66(46-104)139-90(74)137-62-40-56(60(106)20-14-26-94-68(108)22-24-72(113)114)38-54(6-2)84(62)141-92-82(122)80(120)76(116)50(4)133-92/h41-42,49-56,61-66,73-86,89-92,103-104,115-122H,5-40,43-48H2,1-4H3,(H,93,107)(H,94,108)(H,95,109)(H,96,110)(H,111,112)(H,113,114)(H,123,124)(H,125,126)/t49?,50?,53?,54?,55?,56?,61-,62-,63+,64+,65+,66+,73?,74?,75-,76-,77+,78+,79+,80+,81?,82?,83-,84-,85?,86?,89-,90-,91+,92+/m1/s1. The van der Waals surface area contributed by atoms with Gasteiger partial charge in [0.1, 0.15) is 121 Å². The van der Waals surface area contributed by atoms with Gasteiger partial charge in [0.15, 0.2) is 37.4 Å². The number of carboxylic acids is 4. The average molecular weight is 2020 g/mol. The summed E-state index contributed by atoms with van der Waals surface area (Å²) in [6, 6.07) is -3.14. The van der Waals surface area contributed by atoms with Crippen molar-refractivity contribution in [2.24, 2.45) is 35.5 Å². The first kappa shape index (κ1) is 115. The zero-order chi connectivity index (χ0) is 102. The van der Waals surface area contributed by atoms with Crippen LogP contribution < -0.4 is 21.3 Å². The van der Waals surface area contributed by atoms with E-state index in [0.717, 1.165) is 64.2 Å². The van der Waals surface area contributed by atoms with E-state index in [1.165, 1.54) is 35.6 Å². The van der Waals surface area contributed by atoms with Crippen molar-refractivity contribution in [1.29, 1.82) is 0 Å². The third-order valence-electron chi connectivity index (χ3n) is 27.5. The summed E-state index contributed by atoms with van der Waals surface area (Å²) in [5, 5.41) is 178. The quantitative estimate of drug-likeness (QED) is 0.0323. The van der Waals surface area contributed by atoms with Gasteiger partial charge < -0.3 is 164 Å². The normalized spacial score (nSPS) is 32.2. The molecule has 12 unspecified atom stereocenters. The molecule has 0 spiro atoms. The maximum Gasteiger partial charge on any atom is 0.332 e. The highest BCUT2D eigenvalue weighted by Gasteiger charge is 2.57. The number of carbonyl (C=O) groups excluding carboxylic acids is 6. The molecule has 141 heavy (non-hydrogen) atoms. The van der Waals surface area contributed by atoms with Crippen LogP contribution in [0.15, 0.2) is 12.4 Å². The Labute approximate surface area is 816 Å². The molecule has 8 fully saturated rings. The third-order valence-corrected chi connectivity index (χ3v) is 27.5. The number of ether oxygens (including phenoxy) is 15. The van der Waals surface area contributed by atoms with E-state index in [-0.39, 0.29) is 192 Å². The van der Waals surface area contributed by atoms with Gasteiger partial charge in [-0.25, -0.2) is 19.0 Å². The van der Waals surface area contributed by atoms with Crippen LogP contribution in [0.1, 0.15) is 206 Å². The molecule has 0 bridgehead atoms. The number of nitrogens with one attached hydrogen (secondary N) is 4. The molecule has 4 aliphatic carbocycles. The van der Waals surface area contributed by atoms with Crippen molar-refractivity contribution in [3.63, 3.8) is 0 Å². The SMILES string of the molecule is CCC1CC(C(=O)CCCNC(=O)CCC(=O)O)C[C@@H](O[C@@H]2O[C@@H](CO)[C@H](O)C(O[C@@H](CC3CCCCC3)C(=O)O)C2NC(=O)Cn2cc(COCCOCCOCCOCCOCc3cn(CC(=O)NC4C(O[C@@H](CC5CCCCC5)C(=O)O)[C@@H](O)[C@H](CO)O[C@H]4O[C@@H]4CC(C(=O)CCCNC(=O)CCC(=O)O)CC(CC)[C@H]4O[C@@H]4OC(C)[C@@H](O)[C@H](O)C4O)nn3)nn2)[C@@H]1O[C@@H]1OC(C)[C@@H](O)[C@H](O)C1O. The van der Waals surface area contributed by atoms with Crippen molar-refractivity contribution >= 4 is 59.1 Å². The fourth-order valence-corrected chi connectivity index (χ4v) is 19.6. The minimum Gasteiger partial charge on any atom is -0.481 e. The maximum absolute atomic E-state index is 14.5. The van der Waals surface area contributed by atoms with Crippen molar-refractivity contribution < 1.29 is 190 Å². The zero-order valence-electron chi connectivity index (χ0n) is 80.5. The van der Waals surface area contributed by atoms with Crippen LogP contribution in [0, 0.1) is 35.5 Å². The first-order valence-corrected chi connectivity index (χ1v) is 49.6. The number of hydrogen-bond donors (Lipinski definition) is 18. The minimum atomic E-state index is -1.78. The van der Waals surface area contributed by atoms with E-state index >= 15 is 0 Å². The Bertz CT molecular complexity index is 3910. The van der Waals surface area contributed by atoms with Gasteiger partial charge in [0.05, 0.1) is 141 Å². The molecule has 0 aromatic carbocycles. The van der Waals surface area contributed by atoms with Gasteiger partial charge in [-0.3, -0.25) is 38.4 Å². The number of amides is 4. The van der Waals surface area contributed by atoms with Gasteiger partial charge in [0.2, 0.25) is 23.6 Å². The topological polar surface area (TPSA) is 702 Å². The number of nitrogens with zero attached hydrogens (tertiary/aromatic N) is 6. The van der Waals surface area contributed by atoms with E-state index in [4.69, 9.17) is 81.3 Å². The van der Waals surface area contributed by atoms with Crippen LogP contribution in [0.3, 0.4) is 0 Å². The van der Waals surface area contributed by atoms with Crippen molar-refractivity contribution in [3.8, 4) is 0 Å². The molecular weight excluding hydrogens is 1870 g/mol. The van der Waals surface area contributed by atoms with Crippen LogP contribution in [-0.2, 0) is 145 Å². The first-order valence-electron chi connectivity index (χ1n) is 49.6. The molecule has 2 aromatic rings. The van der Waals surface area contributed by atoms with Gasteiger partial charge in [-0.15, -0.1) is 10.2 Å². The van der Waals surface area contributed by atoms with E-state index in [2.05, 4.69) is 41.9 Å². The Hall–Kier alpha value is -7.62. The second-order valence-electron chi connectivity index (χ2n) is 37.9. The van der Waals surface area contributed by atoms with Crippen molar-refractivity contribution in [2.75, 3.05) is 79.2 Å². The van der Waals surface area contributed by atoms with Gasteiger partial charge in [-0.05, 0) is 88.9 Å². The lowest BCUT2D eigenvalue weighted by molar-refractivity contribution is -0.338. The molecular formula is C92H148N10O39. The van der Waals surface area contributed by atoms with Gasteiger partial charge in [0.25, 0.3) is 0 Å². The Morgan fingerprint density at radius 2 is 0.780 bits per heavy atom. The summed E-state index contributed by atoms with van der Waals surface area (Å²) in [6.07, 6.45) is -24.8. The molecule has 49 nitrogen and oxygen atoms in total. The summed E-state index contributed by atoms with van der Waals surface area (Å²) < 4.78 is 94.8. The molecule has 4 saturated heterocycles. The van der Waals surface area contributed by atoms with E-state index in [9.17, 15) is 109 Å². The number of aliphatic carboxylic acids is 4. The molecule has 2 aromatic heterocycles. The second kappa shape index (κ2) is 58.7. The number of ketones is 2. The lowest BCUT2D eigenvalue weighted by Crippen LogP contribution is -2.67. The summed E-state index contributed by atoms with van der Waals surface area (Å²) >= 11 is 0. The molecule has 4 saturated carbocycles. The molecule has 0 radical (unpaired) electrons. The summed E-state index contributed by atoms with van der Waals surface area (Å²) in [4.78, 5) is 130. The summed E-state index contributed by atoms with van der Waals surface area (Å²) in [7, 11) is 0. The van der Waals surface area contributed by atoms with Gasteiger partial charge in [-0.1, -0.05) is 101 Å². The molecule has 4 amide bonds. The van der Waals surface area contributed by atoms with Crippen LogP contribution in [-0.4, -0.2) is 399 Å². The fourth-order valence-electron chi connectivity index (χ4n) is 19.6. The Morgan fingerprint density at radius 3 is 1.12 bits per heavy atom. The largest absolute Gasteiger partial charge is 0.481 e. The molecule has 8 aliphatic rings. The monoisotopic (exact) mass is 2020 g/mol. The van der Waals surface area contributed by atoms with Crippen LogP contribution in [0.4, 0.5) is 0 Å². The van der Waals surface area contributed by atoms with Crippen LogP contribution in [0.25, 0.3) is 0 Å². The van der Waals surface area contributed by atoms with Crippen molar-refractivity contribution in [2.45, 2.75) is 380 Å². The summed E-state index contributed by atoms with van der Waals surface area (Å²) in [5.74, 6) is -10.8. The zero-order valence-corrected chi connectivity index (χ0v) is 80.5. The Morgan fingerprint density at radius 1 is 0.418 bits per heavy atom. The third kappa shape index (κ3) is 35.3. The van der Waals surface area contributed by atoms with E-state index in [0.29, 0.717) is 24.2 Å².